The van der Waals surface area contributed by atoms with E-state index in [0.717, 1.165) is 30.9 Å². The van der Waals surface area contributed by atoms with Gasteiger partial charge in [0.1, 0.15) is 5.75 Å². The van der Waals surface area contributed by atoms with Gasteiger partial charge in [0.15, 0.2) is 0 Å². The summed E-state index contributed by atoms with van der Waals surface area (Å²) in [4.78, 5) is 9.30. The second-order valence-electron chi connectivity index (χ2n) is 6.05. The van der Waals surface area contributed by atoms with Crippen molar-refractivity contribution in [2.75, 3.05) is 32.7 Å². The summed E-state index contributed by atoms with van der Waals surface area (Å²) in [6, 6.07) is 2.44. The van der Waals surface area contributed by atoms with E-state index in [1.165, 1.54) is 13.1 Å². The van der Waals surface area contributed by atoms with Crippen molar-refractivity contribution in [1.29, 1.82) is 0 Å². The van der Waals surface area contributed by atoms with Crippen molar-refractivity contribution in [2.24, 2.45) is 5.73 Å². The van der Waals surface area contributed by atoms with Crippen LogP contribution in [-0.2, 0) is 0 Å². The monoisotopic (exact) mass is 276 g/mol. The van der Waals surface area contributed by atoms with E-state index in [-0.39, 0.29) is 12.1 Å². The minimum atomic E-state index is 0.00122. The summed E-state index contributed by atoms with van der Waals surface area (Å²) in [5.74, 6) is 0.809. The number of nitrogens with zero attached hydrogens (tertiary/aromatic N) is 3. The van der Waals surface area contributed by atoms with E-state index in [1.54, 1.807) is 6.20 Å². The first-order valence-corrected chi connectivity index (χ1v) is 7.47. The lowest BCUT2D eigenvalue weighted by molar-refractivity contribution is 0.00207. The van der Waals surface area contributed by atoms with Crippen molar-refractivity contribution in [3.63, 3.8) is 0 Å². The lowest BCUT2D eigenvalue weighted by Crippen LogP contribution is -2.63. The van der Waals surface area contributed by atoms with Crippen molar-refractivity contribution in [1.82, 2.24) is 14.8 Å². The molecule has 3 aliphatic rings. The van der Waals surface area contributed by atoms with Crippen molar-refractivity contribution in [2.45, 2.75) is 32.0 Å². The SMILES string of the molecule is CC(C)Oc1cncc(C(N)C2CN3CCN2CC3)c1. The maximum absolute atomic E-state index is 6.49. The van der Waals surface area contributed by atoms with E-state index in [4.69, 9.17) is 10.5 Å². The number of rotatable bonds is 4. The summed E-state index contributed by atoms with van der Waals surface area (Å²) in [5.41, 5.74) is 7.56. The maximum atomic E-state index is 6.49. The predicted octanol–water partition coefficient (Wildman–Crippen LogP) is 0.868. The molecule has 1 aromatic rings. The van der Waals surface area contributed by atoms with Gasteiger partial charge in [-0.25, -0.2) is 0 Å². The number of fused-ring (bicyclic) bond motifs is 3. The van der Waals surface area contributed by atoms with Crippen molar-refractivity contribution >= 4 is 0 Å². The zero-order chi connectivity index (χ0) is 14.1. The Morgan fingerprint density at radius 2 is 2.00 bits per heavy atom. The van der Waals surface area contributed by atoms with Gasteiger partial charge < -0.3 is 10.5 Å². The molecule has 0 saturated carbocycles. The third-order valence-corrected chi connectivity index (χ3v) is 4.23. The normalized spacial score (nSPS) is 30.5. The lowest BCUT2D eigenvalue weighted by Gasteiger charge is -2.49. The van der Waals surface area contributed by atoms with Gasteiger partial charge in [-0.15, -0.1) is 0 Å². The molecule has 0 amide bonds. The maximum Gasteiger partial charge on any atom is 0.138 e. The first-order chi connectivity index (χ1) is 9.63. The van der Waals surface area contributed by atoms with E-state index >= 15 is 0 Å². The van der Waals surface area contributed by atoms with E-state index in [1.807, 2.05) is 26.1 Å². The molecule has 4 heterocycles. The Balaban J connectivity index is 1.75. The van der Waals surface area contributed by atoms with Crippen LogP contribution >= 0.6 is 0 Å². The minimum absolute atomic E-state index is 0.00122. The molecule has 110 valence electrons. The second kappa shape index (κ2) is 5.68. The molecular weight excluding hydrogens is 252 g/mol. The average molecular weight is 276 g/mol. The van der Waals surface area contributed by atoms with Crippen LogP contribution in [0.25, 0.3) is 0 Å². The summed E-state index contributed by atoms with van der Waals surface area (Å²) >= 11 is 0. The third kappa shape index (κ3) is 2.80. The fourth-order valence-corrected chi connectivity index (χ4v) is 3.17. The van der Waals surface area contributed by atoms with E-state index in [2.05, 4.69) is 14.8 Å². The van der Waals surface area contributed by atoms with Crippen molar-refractivity contribution in [3.8, 4) is 5.75 Å². The molecule has 20 heavy (non-hydrogen) atoms. The van der Waals surface area contributed by atoms with Crippen molar-refractivity contribution < 1.29 is 4.74 Å². The van der Waals surface area contributed by atoms with Gasteiger partial charge in [-0.1, -0.05) is 0 Å². The number of nitrogens with two attached hydrogens (primary N) is 1. The molecule has 3 saturated heterocycles. The van der Waals surface area contributed by atoms with Crippen LogP contribution in [0.1, 0.15) is 25.5 Å². The van der Waals surface area contributed by atoms with Gasteiger partial charge >= 0.3 is 0 Å². The lowest BCUT2D eigenvalue weighted by atomic mass is 9.96. The molecule has 0 aliphatic carbocycles. The average Bonchev–Trinajstić information content (AvgIpc) is 2.47. The zero-order valence-electron chi connectivity index (χ0n) is 12.3. The Morgan fingerprint density at radius 1 is 1.25 bits per heavy atom. The van der Waals surface area contributed by atoms with Crippen LogP contribution in [0.4, 0.5) is 0 Å². The Hall–Kier alpha value is -1.17. The van der Waals surface area contributed by atoms with Crippen LogP contribution in [0.3, 0.4) is 0 Å². The second-order valence-corrected chi connectivity index (χ2v) is 6.05. The summed E-state index contributed by atoms with van der Waals surface area (Å²) < 4.78 is 5.71. The Morgan fingerprint density at radius 3 is 2.60 bits per heavy atom. The highest BCUT2D eigenvalue weighted by Gasteiger charge is 2.36. The van der Waals surface area contributed by atoms with Gasteiger partial charge in [0.05, 0.1) is 12.3 Å². The molecule has 5 heteroatoms. The van der Waals surface area contributed by atoms with Gasteiger partial charge in [0.25, 0.3) is 0 Å². The molecule has 2 atom stereocenters. The molecule has 4 rings (SSSR count). The summed E-state index contributed by atoms with van der Waals surface area (Å²) in [5, 5.41) is 0. The number of aromatic nitrogens is 1. The summed E-state index contributed by atoms with van der Waals surface area (Å²) in [7, 11) is 0. The summed E-state index contributed by atoms with van der Waals surface area (Å²) in [6.07, 6.45) is 3.78. The fraction of sp³-hybridized carbons (Fsp3) is 0.667. The number of piperazine rings is 3. The van der Waals surface area contributed by atoms with Crippen LogP contribution in [0.2, 0.25) is 0 Å². The molecule has 2 unspecified atom stereocenters. The Bertz CT molecular complexity index is 457. The smallest absolute Gasteiger partial charge is 0.138 e. The first-order valence-electron chi connectivity index (χ1n) is 7.47. The van der Waals surface area contributed by atoms with Gasteiger partial charge in [0, 0.05) is 51.0 Å². The quantitative estimate of drug-likeness (QED) is 0.884. The van der Waals surface area contributed by atoms with Gasteiger partial charge in [-0.2, -0.15) is 0 Å². The molecule has 0 spiro atoms. The minimum Gasteiger partial charge on any atom is -0.489 e. The first kappa shape index (κ1) is 13.8. The van der Waals surface area contributed by atoms with Crippen LogP contribution in [0, 0.1) is 0 Å². The van der Waals surface area contributed by atoms with Crippen LogP contribution in [0.15, 0.2) is 18.5 Å². The largest absolute Gasteiger partial charge is 0.489 e. The Labute approximate surface area is 120 Å². The van der Waals surface area contributed by atoms with Gasteiger partial charge in [-0.3, -0.25) is 14.8 Å². The predicted molar refractivity (Wildman–Crippen MR) is 78.7 cm³/mol. The zero-order valence-corrected chi connectivity index (χ0v) is 12.3. The van der Waals surface area contributed by atoms with Crippen LogP contribution in [0.5, 0.6) is 5.75 Å². The molecule has 2 bridgehead atoms. The number of hydrogen-bond donors (Lipinski definition) is 1. The Kier molecular flexibility index (Phi) is 3.92. The van der Waals surface area contributed by atoms with Crippen molar-refractivity contribution in [3.05, 3.63) is 24.0 Å². The highest BCUT2D eigenvalue weighted by Crippen LogP contribution is 2.27. The van der Waals surface area contributed by atoms with Gasteiger partial charge in [0.2, 0.25) is 0 Å². The standard InChI is InChI=1S/C15H24N4O/c1-11(2)20-13-7-12(8-17-9-13)15(16)14-10-18-3-5-19(14)6-4-18/h7-9,11,14-15H,3-6,10,16H2,1-2H3. The molecule has 1 aromatic heterocycles. The third-order valence-electron chi connectivity index (χ3n) is 4.23. The molecular formula is C15H24N4O. The van der Waals surface area contributed by atoms with Crippen LogP contribution < -0.4 is 10.5 Å². The molecule has 3 fully saturated rings. The molecule has 3 aliphatic heterocycles. The fourth-order valence-electron chi connectivity index (χ4n) is 3.17. The van der Waals surface area contributed by atoms with E-state index < -0.39 is 0 Å². The molecule has 0 aromatic carbocycles. The highest BCUT2D eigenvalue weighted by molar-refractivity contribution is 5.27. The number of hydrogen-bond acceptors (Lipinski definition) is 5. The summed E-state index contributed by atoms with van der Waals surface area (Å²) in [6.45, 7) is 9.73. The molecule has 0 radical (unpaired) electrons. The van der Waals surface area contributed by atoms with Crippen LogP contribution in [-0.4, -0.2) is 59.7 Å². The molecule has 5 nitrogen and oxygen atoms in total. The highest BCUT2D eigenvalue weighted by atomic mass is 16.5. The topological polar surface area (TPSA) is 54.6 Å². The van der Waals surface area contributed by atoms with Gasteiger partial charge in [-0.05, 0) is 25.5 Å². The van der Waals surface area contributed by atoms with E-state index in [0.29, 0.717) is 6.04 Å². The van der Waals surface area contributed by atoms with E-state index in [9.17, 15) is 0 Å². The molecule has 2 N–H and O–H groups in total. The number of ether oxygens (including phenoxy) is 1. The number of pyridine rings is 1.